The molecular weight excluding hydrogens is 426 g/mol. The number of halogens is 1. The minimum absolute atomic E-state index is 0. The third-order valence-corrected chi connectivity index (χ3v) is 7.29. The Labute approximate surface area is 184 Å². The minimum Gasteiger partial charge on any atom is -0.343 e. The Morgan fingerprint density at radius 3 is 2.90 bits per heavy atom. The Kier molecular flexibility index (Phi) is 5.11. The van der Waals surface area contributed by atoms with E-state index in [9.17, 15) is 10.1 Å². The fourth-order valence-electron chi connectivity index (χ4n) is 4.32. The first-order chi connectivity index (χ1) is 13.5. The van der Waals surface area contributed by atoms with Crippen LogP contribution in [0.1, 0.15) is 24.4 Å². The Bertz CT molecular complexity index is 1190. The van der Waals surface area contributed by atoms with Gasteiger partial charge in [0.1, 0.15) is 11.1 Å². The molecule has 0 bridgehead atoms. The average Bonchev–Trinajstić information content (AvgIpc) is 3.28. The number of aromatic nitrogens is 2. The molecule has 1 aromatic carbocycles. The summed E-state index contributed by atoms with van der Waals surface area (Å²) in [7, 11) is 2.09. The standard InChI is InChI=1S/C20H18ClN5OS.H2S/c1-25-10-16(20(11-25)6-7-20)26-19(27)13(9-22)18(28-26)24-17-12-3-2-8-23-15(12)5-4-14(17)21;/h2-5,8,16,24H,6-7,10-11H2,1H3;1H2/t16-;/m1./s1. The fraction of sp³-hybridized carbons (Fsp3) is 0.350. The summed E-state index contributed by atoms with van der Waals surface area (Å²) in [5, 5.41) is 14.8. The molecule has 2 fully saturated rings. The predicted octanol–water partition coefficient (Wildman–Crippen LogP) is 4.11. The largest absolute Gasteiger partial charge is 0.343 e. The molecule has 1 saturated carbocycles. The summed E-state index contributed by atoms with van der Waals surface area (Å²) in [6.07, 6.45) is 4.00. The van der Waals surface area contributed by atoms with Crippen LogP contribution in [-0.4, -0.2) is 34.0 Å². The van der Waals surface area contributed by atoms with E-state index in [4.69, 9.17) is 11.6 Å². The summed E-state index contributed by atoms with van der Waals surface area (Å²) in [5.74, 6) is 0. The summed E-state index contributed by atoms with van der Waals surface area (Å²) in [6, 6.07) is 9.62. The Hall–Kier alpha value is -2.05. The van der Waals surface area contributed by atoms with Crippen LogP contribution in [0.25, 0.3) is 10.9 Å². The molecule has 1 aliphatic heterocycles. The Morgan fingerprint density at radius 2 is 2.17 bits per heavy atom. The number of fused-ring (bicyclic) bond motifs is 1. The van der Waals surface area contributed by atoms with Crippen LogP contribution in [-0.2, 0) is 0 Å². The second-order valence-electron chi connectivity index (χ2n) is 7.73. The molecule has 1 aliphatic carbocycles. The lowest BCUT2D eigenvalue weighted by Crippen LogP contribution is -2.26. The highest BCUT2D eigenvalue weighted by atomic mass is 35.5. The Balaban J connectivity index is 0.00000205. The van der Waals surface area contributed by atoms with Crippen molar-refractivity contribution in [1.29, 1.82) is 5.26 Å². The second-order valence-corrected chi connectivity index (χ2v) is 9.12. The first-order valence-corrected chi connectivity index (χ1v) is 10.3. The summed E-state index contributed by atoms with van der Waals surface area (Å²) >= 11 is 7.77. The van der Waals surface area contributed by atoms with E-state index >= 15 is 0 Å². The van der Waals surface area contributed by atoms with Crippen LogP contribution in [0.4, 0.5) is 10.7 Å². The van der Waals surface area contributed by atoms with Gasteiger partial charge in [-0.15, -0.1) is 0 Å². The third-order valence-electron chi connectivity index (χ3n) is 5.87. The van der Waals surface area contributed by atoms with Crippen molar-refractivity contribution in [3.05, 3.63) is 51.4 Å². The van der Waals surface area contributed by atoms with E-state index < -0.39 is 0 Å². The van der Waals surface area contributed by atoms with Crippen molar-refractivity contribution in [3.8, 4) is 6.07 Å². The van der Waals surface area contributed by atoms with Gasteiger partial charge < -0.3 is 10.2 Å². The van der Waals surface area contributed by atoms with Crippen molar-refractivity contribution in [1.82, 2.24) is 13.8 Å². The van der Waals surface area contributed by atoms with Crippen LogP contribution in [0.3, 0.4) is 0 Å². The van der Waals surface area contributed by atoms with Gasteiger partial charge in [-0.05, 0) is 55.7 Å². The molecule has 1 atom stereocenters. The zero-order chi connectivity index (χ0) is 19.5. The molecule has 1 saturated heterocycles. The van der Waals surface area contributed by atoms with E-state index in [2.05, 4.69) is 28.3 Å². The number of likely N-dealkylation sites (tertiary alicyclic amines) is 1. The van der Waals surface area contributed by atoms with Crippen LogP contribution >= 0.6 is 36.6 Å². The van der Waals surface area contributed by atoms with Gasteiger partial charge in [0.15, 0.2) is 5.56 Å². The van der Waals surface area contributed by atoms with Gasteiger partial charge in [-0.1, -0.05) is 11.6 Å². The summed E-state index contributed by atoms with van der Waals surface area (Å²) < 4.78 is 1.80. The summed E-state index contributed by atoms with van der Waals surface area (Å²) in [4.78, 5) is 19.6. The fourth-order valence-corrected chi connectivity index (χ4v) is 5.69. The van der Waals surface area contributed by atoms with E-state index in [1.165, 1.54) is 11.5 Å². The zero-order valence-corrected chi connectivity index (χ0v) is 18.3. The van der Waals surface area contributed by atoms with Crippen LogP contribution < -0.4 is 10.9 Å². The van der Waals surface area contributed by atoms with E-state index in [1.807, 2.05) is 18.2 Å². The summed E-state index contributed by atoms with van der Waals surface area (Å²) in [6.45, 7) is 1.84. The van der Waals surface area contributed by atoms with Gasteiger partial charge >= 0.3 is 0 Å². The van der Waals surface area contributed by atoms with Crippen molar-refractivity contribution < 1.29 is 0 Å². The lowest BCUT2D eigenvalue weighted by molar-refractivity contribution is 0.388. The molecule has 1 spiro atoms. The van der Waals surface area contributed by atoms with E-state index in [0.717, 1.165) is 36.8 Å². The highest BCUT2D eigenvalue weighted by Crippen LogP contribution is 2.58. The van der Waals surface area contributed by atoms with Crippen LogP contribution in [0, 0.1) is 16.7 Å². The molecule has 3 heterocycles. The average molecular weight is 446 g/mol. The lowest BCUT2D eigenvalue weighted by Gasteiger charge is -2.17. The number of hydrogen-bond donors (Lipinski definition) is 1. The number of likely N-dealkylation sites (N-methyl/N-ethyl adjacent to an activating group) is 1. The van der Waals surface area contributed by atoms with E-state index in [0.29, 0.717) is 15.7 Å². The molecular formula is C20H20ClN5OS2. The first-order valence-electron chi connectivity index (χ1n) is 9.17. The van der Waals surface area contributed by atoms with Gasteiger partial charge in [0.2, 0.25) is 0 Å². The van der Waals surface area contributed by atoms with Gasteiger partial charge in [-0.3, -0.25) is 13.7 Å². The molecule has 2 aliphatic rings. The topological polar surface area (TPSA) is 74.0 Å². The van der Waals surface area contributed by atoms with Gasteiger partial charge in [-0.2, -0.15) is 18.8 Å². The SMILES string of the molecule is CN1C[C@@H](n2sc(Nc3c(Cl)ccc4ncccc34)c(C#N)c2=O)C2(CC2)C1.S. The monoisotopic (exact) mass is 445 g/mol. The van der Waals surface area contributed by atoms with Gasteiger partial charge in [0.25, 0.3) is 5.56 Å². The molecule has 0 unspecified atom stereocenters. The zero-order valence-electron chi connectivity index (χ0n) is 15.8. The third kappa shape index (κ3) is 3.22. The first kappa shape index (κ1) is 20.2. The number of anilines is 2. The smallest absolute Gasteiger partial charge is 0.281 e. The maximum Gasteiger partial charge on any atom is 0.281 e. The highest BCUT2D eigenvalue weighted by molar-refractivity contribution is 7.59. The maximum absolute atomic E-state index is 13.0. The molecule has 0 amide bonds. The van der Waals surface area contributed by atoms with Crippen molar-refractivity contribution in [2.75, 3.05) is 25.5 Å². The molecule has 1 N–H and O–H groups in total. The van der Waals surface area contributed by atoms with Crippen LogP contribution in [0.5, 0.6) is 0 Å². The molecule has 3 aromatic rings. The van der Waals surface area contributed by atoms with Gasteiger partial charge in [0.05, 0.1) is 22.3 Å². The van der Waals surface area contributed by atoms with Crippen LogP contribution in [0.15, 0.2) is 35.3 Å². The molecule has 29 heavy (non-hydrogen) atoms. The molecule has 0 radical (unpaired) electrons. The number of rotatable bonds is 3. The number of pyridine rings is 1. The van der Waals surface area contributed by atoms with Crippen molar-refractivity contribution >= 4 is 58.2 Å². The van der Waals surface area contributed by atoms with Crippen LogP contribution in [0.2, 0.25) is 5.02 Å². The van der Waals surface area contributed by atoms with Crippen molar-refractivity contribution in [3.63, 3.8) is 0 Å². The Morgan fingerprint density at radius 1 is 1.38 bits per heavy atom. The lowest BCUT2D eigenvalue weighted by atomic mass is 10.0. The molecule has 2 aromatic heterocycles. The molecule has 150 valence electrons. The second kappa shape index (κ2) is 7.33. The number of nitriles is 1. The van der Waals surface area contributed by atoms with Gasteiger partial charge in [-0.25, -0.2) is 0 Å². The normalized spacial score (nSPS) is 19.8. The predicted molar refractivity (Wildman–Crippen MR) is 122 cm³/mol. The molecule has 5 rings (SSSR count). The maximum atomic E-state index is 13.0. The van der Waals surface area contributed by atoms with Gasteiger partial charge in [0, 0.05) is 30.1 Å². The minimum atomic E-state index is -0.212. The quantitative estimate of drug-likeness (QED) is 0.656. The molecule has 6 nitrogen and oxygen atoms in total. The number of hydrogen-bond acceptors (Lipinski definition) is 6. The van der Waals surface area contributed by atoms with Crippen molar-refractivity contribution in [2.45, 2.75) is 18.9 Å². The molecule has 9 heteroatoms. The number of nitrogens with zero attached hydrogens (tertiary/aromatic N) is 4. The van der Waals surface area contributed by atoms with Crippen molar-refractivity contribution in [2.24, 2.45) is 5.41 Å². The summed E-state index contributed by atoms with van der Waals surface area (Å²) in [5.41, 5.74) is 1.59. The van der Waals surface area contributed by atoms with E-state index in [-0.39, 0.29) is 36.1 Å². The highest BCUT2D eigenvalue weighted by Gasteiger charge is 2.55. The number of nitrogens with one attached hydrogen (secondary N) is 1. The number of benzene rings is 1. The van der Waals surface area contributed by atoms with E-state index in [1.54, 1.807) is 16.2 Å².